The molecule has 0 bridgehead atoms. The molecule has 1 saturated heterocycles. The number of aryl methyl sites for hydroxylation is 1. The number of aromatic nitrogens is 3. The number of urea groups is 1. The van der Waals surface area contributed by atoms with Gasteiger partial charge in [0.1, 0.15) is 18.8 Å². The molecule has 0 spiro atoms. The van der Waals surface area contributed by atoms with Crippen LogP contribution in [-0.2, 0) is 22.3 Å². The van der Waals surface area contributed by atoms with E-state index in [2.05, 4.69) is 20.4 Å². The third kappa shape index (κ3) is 7.71. The quantitative estimate of drug-likeness (QED) is 0.210. The van der Waals surface area contributed by atoms with Crippen LogP contribution in [0.3, 0.4) is 0 Å². The van der Waals surface area contributed by atoms with Gasteiger partial charge >= 0.3 is 18.4 Å². The van der Waals surface area contributed by atoms with Gasteiger partial charge in [-0.1, -0.05) is 30.0 Å². The van der Waals surface area contributed by atoms with Gasteiger partial charge in [0.2, 0.25) is 5.91 Å². The summed E-state index contributed by atoms with van der Waals surface area (Å²) >= 11 is 0.911. The van der Waals surface area contributed by atoms with E-state index in [0.717, 1.165) is 39.5 Å². The molecule has 9 nitrogen and oxygen atoms in total. The second kappa shape index (κ2) is 12.9. The van der Waals surface area contributed by atoms with Crippen LogP contribution in [0.2, 0.25) is 0 Å². The molecule has 0 saturated carbocycles. The molecule has 2 heterocycles. The molecule has 0 radical (unpaired) electrons. The maximum absolute atomic E-state index is 15.0. The van der Waals surface area contributed by atoms with Crippen LogP contribution in [0, 0.1) is 12.7 Å². The number of aliphatic imine (C=N–C) groups is 1. The number of anilines is 2. The predicted molar refractivity (Wildman–Crippen MR) is 155 cm³/mol. The summed E-state index contributed by atoms with van der Waals surface area (Å²) in [7, 11) is 0. The molecule has 17 heteroatoms. The molecule has 1 fully saturated rings. The lowest BCUT2D eigenvalue weighted by Crippen LogP contribution is -2.31. The Morgan fingerprint density at radius 2 is 1.85 bits per heavy atom. The third-order valence-corrected chi connectivity index (χ3v) is 7.29. The van der Waals surface area contributed by atoms with Crippen LogP contribution in [0.15, 0.2) is 72.0 Å². The van der Waals surface area contributed by atoms with Crippen LogP contribution in [0.4, 0.5) is 46.9 Å². The summed E-state index contributed by atoms with van der Waals surface area (Å²) in [5.74, 6) is -1.49. The maximum atomic E-state index is 15.0. The minimum Gasteiger partial charge on any atom is -0.367 e. The lowest BCUT2D eigenvalue weighted by Gasteiger charge is -2.21. The monoisotopic (exact) mass is 666 g/mol. The first-order valence-corrected chi connectivity index (χ1v) is 14.2. The number of carbonyl (C=O) groups is 2. The molecular weight excluding hydrogens is 645 g/mol. The highest BCUT2D eigenvalue weighted by molar-refractivity contribution is 8.15. The molecule has 3 amide bonds. The molecule has 0 aliphatic carbocycles. The Labute approximate surface area is 260 Å². The first-order valence-electron chi connectivity index (χ1n) is 13.2. The minimum atomic E-state index is -4.56. The molecule has 5 rings (SSSR count). The number of nitrogens with zero attached hydrogens (tertiary/aromatic N) is 5. The number of carbonyl (C=O) groups excluding carboxylic acids is 2. The standard InChI is InChI=1S/C29H21F7N6O3S/c1-16-5-6-18(12-45-14-28(31,32)33)23(9-16)42-24(43)13-46-27(42)39-26(44)38-22-8-7-17(10-21(22)30)25-37-15-41(40-25)20-4-2-3-19(11-20)29(34,35)36/h2-11,15H,12-14H2,1H3,(H,38,44). The highest BCUT2D eigenvalue weighted by atomic mass is 32.2. The van der Waals surface area contributed by atoms with Gasteiger partial charge in [-0.05, 0) is 55.0 Å². The molecule has 3 aromatic carbocycles. The van der Waals surface area contributed by atoms with Crippen molar-refractivity contribution in [1.82, 2.24) is 14.8 Å². The number of hydrogen-bond donors (Lipinski definition) is 1. The Kier molecular flexibility index (Phi) is 9.16. The van der Waals surface area contributed by atoms with Crippen LogP contribution in [0.25, 0.3) is 17.1 Å². The van der Waals surface area contributed by atoms with Gasteiger partial charge in [-0.2, -0.15) is 31.3 Å². The van der Waals surface area contributed by atoms with Gasteiger partial charge in [0.25, 0.3) is 0 Å². The summed E-state index contributed by atoms with van der Waals surface area (Å²) in [6, 6.07) is 11.6. The van der Waals surface area contributed by atoms with Crippen molar-refractivity contribution in [2.75, 3.05) is 22.6 Å². The molecule has 0 atom stereocenters. The smallest absolute Gasteiger partial charge is 0.367 e. The van der Waals surface area contributed by atoms with Crippen LogP contribution < -0.4 is 10.2 Å². The number of amidine groups is 1. The van der Waals surface area contributed by atoms with Crippen molar-refractivity contribution in [1.29, 1.82) is 0 Å². The van der Waals surface area contributed by atoms with E-state index in [9.17, 15) is 35.9 Å². The zero-order chi connectivity index (χ0) is 33.2. The van der Waals surface area contributed by atoms with E-state index in [1.54, 1.807) is 19.1 Å². The van der Waals surface area contributed by atoms with Gasteiger partial charge in [0, 0.05) is 11.1 Å². The summed E-state index contributed by atoms with van der Waals surface area (Å²) < 4.78 is 97.9. The van der Waals surface area contributed by atoms with Crippen molar-refractivity contribution in [3.8, 4) is 17.1 Å². The summed E-state index contributed by atoms with van der Waals surface area (Å²) in [6.45, 7) is -0.253. The van der Waals surface area contributed by atoms with Crippen molar-refractivity contribution in [2.24, 2.45) is 4.99 Å². The van der Waals surface area contributed by atoms with Crippen LogP contribution >= 0.6 is 11.8 Å². The van der Waals surface area contributed by atoms with Crippen LogP contribution in [0.5, 0.6) is 0 Å². The van der Waals surface area contributed by atoms with Crippen molar-refractivity contribution < 1.29 is 45.1 Å². The second-order valence-electron chi connectivity index (χ2n) is 9.84. The number of hydrogen-bond acceptors (Lipinski definition) is 6. The number of rotatable bonds is 7. The zero-order valence-electron chi connectivity index (χ0n) is 23.5. The maximum Gasteiger partial charge on any atom is 0.416 e. The fraction of sp³-hybridized carbons (Fsp3) is 0.207. The number of alkyl halides is 6. The number of amides is 3. The molecule has 240 valence electrons. The molecule has 46 heavy (non-hydrogen) atoms. The van der Waals surface area contributed by atoms with Crippen molar-refractivity contribution >= 4 is 40.2 Å². The van der Waals surface area contributed by atoms with E-state index < -0.39 is 48.9 Å². The van der Waals surface area contributed by atoms with Crippen LogP contribution in [-0.4, -0.2) is 50.4 Å². The second-order valence-corrected chi connectivity index (χ2v) is 10.8. The first-order chi connectivity index (χ1) is 21.7. The average molecular weight is 667 g/mol. The molecule has 1 aliphatic rings. The Morgan fingerprint density at radius 3 is 2.57 bits per heavy atom. The number of benzene rings is 3. The molecule has 1 aliphatic heterocycles. The fourth-order valence-electron chi connectivity index (χ4n) is 4.29. The minimum absolute atomic E-state index is 0.000821. The highest BCUT2D eigenvalue weighted by Crippen LogP contribution is 2.33. The number of halogens is 7. The van der Waals surface area contributed by atoms with E-state index in [1.807, 2.05) is 0 Å². The van der Waals surface area contributed by atoms with Gasteiger partial charge in [-0.3, -0.25) is 9.69 Å². The summed E-state index contributed by atoms with van der Waals surface area (Å²) in [6.07, 6.45) is -7.94. The topological polar surface area (TPSA) is 102 Å². The largest absolute Gasteiger partial charge is 0.416 e. The fourth-order valence-corrected chi connectivity index (χ4v) is 5.15. The van der Waals surface area contributed by atoms with Crippen molar-refractivity contribution in [3.63, 3.8) is 0 Å². The van der Waals surface area contributed by atoms with E-state index in [1.165, 1.54) is 36.7 Å². The Morgan fingerprint density at radius 1 is 1.07 bits per heavy atom. The average Bonchev–Trinajstić information content (AvgIpc) is 3.61. The predicted octanol–water partition coefficient (Wildman–Crippen LogP) is 7.15. The molecule has 0 unspecified atom stereocenters. The normalized spacial score (nSPS) is 14.7. The Bertz CT molecular complexity index is 1820. The van der Waals surface area contributed by atoms with Gasteiger partial charge in [-0.25, -0.2) is 18.9 Å². The molecule has 1 N–H and O–H groups in total. The molecule has 1 aromatic heterocycles. The summed E-state index contributed by atoms with van der Waals surface area (Å²) in [5.41, 5.74) is 0.208. The van der Waals surface area contributed by atoms with Gasteiger partial charge in [-0.15, -0.1) is 5.10 Å². The Hall–Kier alpha value is -4.77. The molecule has 4 aromatic rings. The lowest BCUT2D eigenvalue weighted by atomic mass is 10.1. The summed E-state index contributed by atoms with van der Waals surface area (Å²) in [5, 5.41) is 6.32. The zero-order valence-corrected chi connectivity index (χ0v) is 24.3. The van der Waals surface area contributed by atoms with Gasteiger partial charge in [0.05, 0.1) is 35.0 Å². The number of nitrogens with one attached hydrogen (secondary N) is 1. The van der Waals surface area contributed by atoms with E-state index in [4.69, 9.17) is 4.74 Å². The van der Waals surface area contributed by atoms with Crippen LogP contribution in [0.1, 0.15) is 16.7 Å². The van der Waals surface area contributed by atoms with Crippen molar-refractivity contribution in [3.05, 3.63) is 89.5 Å². The SMILES string of the molecule is Cc1ccc(COCC(F)(F)F)c(N2C(=O)CSC2=NC(=O)Nc2ccc(-c3ncn(-c4cccc(C(F)(F)F)c4)n3)cc2F)c1. The van der Waals surface area contributed by atoms with E-state index in [-0.39, 0.29) is 44.9 Å². The summed E-state index contributed by atoms with van der Waals surface area (Å²) in [4.78, 5) is 34.5. The lowest BCUT2D eigenvalue weighted by molar-refractivity contribution is -0.176. The van der Waals surface area contributed by atoms with Gasteiger partial charge in [0.15, 0.2) is 11.0 Å². The van der Waals surface area contributed by atoms with Crippen molar-refractivity contribution in [2.45, 2.75) is 25.9 Å². The third-order valence-electron chi connectivity index (χ3n) is 6.37. The Balaban J connectivity index is 1.32. The number of ether oxygens (including phenoxy) is 1. The van der Waals surface area contributed by atoms with Gasteiger partial charge < -0.3 is 10.1 Å². The molecular formula is C29H21F7N6O3S. The highest BCUT2D eigenvalue weighted by Gasteiger charge is 2.33. The van der Waals surface area contributed by atoms with E-state index in [0.29, 0.717) is 5.56 Å². The number of thioether (sulfide) groups is 1. The first kappa shape index (κ1) is 32.6. The van der Waals surface area contributed by atoms with E-state index >= 15 is 4.39 Å².